The first-order chi connectivity index (χ1) is 42.0. The topological polar surface area (TPSA) is 179 Å². The zero-order valence-electron chi connectivity index (χ0n) is 48.9. The van der Waals surface area contributed by atoms with Crippen LogP contribution in [0.4, 0.5) is 17.6 Å². The van der Waals surface area contributed by atoms with Crippen LogP contribution in [0.2, 0.25) is 0 Å². The standard InChI is InChI=1S/C17H12BrF2NO3S.C17H12BrF2NOS.C17H15NO3S.C15H15NOS.FH.K/c1-25(22,23)13-9-7-12(8-10-13)15-14(11-5-3-2-4-6-11)16(24-21-15)17(18,19)20;1-23-13-9-7-12(8-10-13)15-14(11-5-3-2-4-6-11)16(22-21-15)17(18,19)20;1-12-16(13-6-4-3-5-7-13)17(18-21-12)14-8-10-15(11-9-14)22(2,19)20;1-18-14-9-7-13(8-10-14)15(16-17)11-12-5-3-2-4-6-12;;/h2-10H,1H3;2-10H,1H3;3-11H,1-2H3;2-10,17H,11H2,1H3;1H;/q;;;;;+1/p-1/b;;;16-15+;;/i;;;;1-1;. The van der Waals surface area contributed by atoms with Crippen LogP contribution in [0.15, 0.2) is 257 Å². The monoisotopic (exact) mass is 1450 g/mol. The number of alkyl halides is 6. The van der Waals surface area contributed by atoms with Gasteiger partial charge in [0.1, 0.15) is 22.8 Å². The van der Waals surface area contributed by atoms with E-state index in [9.17, 15) is 34.4 Å². The molecule has 1 N–H and O–H groups in total. The molecule has 0 radical (unpaired) electrons. The minimum absolute atomic E-state index is 0. The van der Waals surface area contributed by atoms with Crippen LogP contribution in [-0.4, -0.2) is 68.2 Å². The van der Waals surface area contributed by atoms with Gasteiger partial charge in [0, 0.05) is 45.4 Å². The molecule has 90 heavy (non-hydrogen) atoms. The van der Waals surface area contributed by atoms with E-state index in [4.69, 9.17) is 18.8 Å². The Labute approximate surface area is 585 Å². The van der Waals surface area contributed by atoms with Crippen molar-refractivity contribution in [3.05, 3.63) is 247 Å². The van der Waals surface area contributed by atoms with Crippen molar-refractivity contribution < 1.29 is 109 Å². The van der Waals surface area contributed by atoms with Gasteiger partial charge in [0.2, 0.25) is 11.5 Å². The number of rotatable bonds is 15. The second kappa shape index (κ2) is 32.8. The van der Waals surface area contributed by atoms with Crippen LogP contribution in [0.25, 0.3) is 67.2 Å². The number of sulfone groups is 2. The molecule has 0 spiro atoms. The van der Waals surface area contributed by atoms with Crippen LogP contribution >= 0.6 is 55.4 Å². The molecule has 0 fully saturated rings. The van der Waals surface area contributed by atoms with Crippen LogP contribution in [0.3, 0.4) is 0 Å². The molecule has 11 rings (SSSR count). The second-order valence-electron chi connectivity index (χ2n) is 19.3. The zero-order valence-corrected chi connectivity index (χ0v) is 58.4. The molecule has 0 aliphatic heterocycles. The van der Waals surface area contributed by atoms with Gasteiger partial charge in [-0.25, -0.2) is 16.8 Å². The van der Waals surface area contributed by atoms with E-state index >= 15 is 0 Å². The first kappa shape index (κ1) is 72.8. The molecule has 0 aliphatic rings. The fraction of sp³-hybridized carbons (Fsp3) is 0.121. The first-order valence-corrected chi connectivity index (χ1v) is 34.2. The Morgan fingerprint density at radius 3 is 1.12 bits per heavy atom. The van der Waals surface area contributed by atoms with Gasteiger partial charge in [-0.2, -0.15) is 17.6 Å². The van der Waals surface area contributed by atoms with Crippen molar-refractivity contribution in [2.75, 3.05) is 25.0 Å². The van der Waals surface area contributed by atoms with Gasteiger partial charge in [-0.05, 0) is 128 Å². The quantitative estimate of drug-likeness (QED) is 0.0195. The van der Waals surface area contributed by atoms with Crippen LogP contribution in [0.5, 0.6) is 0 Å². The van der Waals surface area contributed by atoms with Gasteiger partial charge < -0.3 is 23.5 Å². The van der Waals surface area contributed by atoms with E-state index in [1.807, 2.05) is 135 Å². The van der Waals surface area contributed by atoms with E-state index in [1.165, 1.54) is 35.4 Å². The van der Waals surface area contributed by atoms with Gasteiger partial charge in [-0.15, -0.1) is 23.5 Å². The zero-order chi connectivity index (χ0) is 63.2. The number of benzene rings is 8. The summed E-state index contributed by atoms with van der Waals surface area (Å²) in [6.07, 6.45) is 6.94. The van der Waals surface area contributed by atoms with E-state index in [1.54, 1.807) is 102 Å². The maximum absolute atomic E-state index is 13.9. The molecule has 8 aromatic carbocycles. The largest absolute Gasteiger partial charge is 1.00 e. The average Bonchev–Trinajstić information content (AvgIpc) is 1.71. The summed E-state index contributed by atoms with van der Waals surface area (Å²) in [6, 6.07) is 65.4. The minimum atomic E-state index is -3.39. The molecular formula is C66H54Br2F5KN4O8S4. The summed E-state index contributed by atoms with van der Waals surface area (Å²) in [5, 5.41) is 24.4. The van der Waals surface area contributed by atoms with Gasteiger partial charge in [0.15, 0.2) is 19.7 Å². The van der Waals surface area contributed by atoms with Crippen LogP contribution in [-0.2, 0) is 35.8 Å². The Morgan fingerprint density at radius 1 is 0.478 bits per heavy atom. The minimum Gasteiger partial charge on any atom is -1.00 e. The molecular weight excluding hydrogens is 1400 g/mol. The van der Waals surface area contributed by atoms with E-state index in [0.29, 0.717) is 45.8 Å². The SMILES string of the molecule is CS(=O)(=O)c1ccc(-c2noc(C(F)(F)Br)c2-c2ccccc2)cc1.CSc1ccc(-c2noc(C(F)(F)Br)c2-c2ccccc2)cc1.CSc1ccc(/C(Cc2ccccc2)=N/O)cc1.Cc1onc(-c2ccc(S(C)(=O)=O)cc2)c1-c1ccccc1.[18F-].[K+]. The maximum Gasteiger partial charge on any atom is 1.00 e. The van der Waals surface area contributed by atoms with E-state index in [0.717, 1.165) is 50.3 Å². The van der Waals surface area contributed by atoms with Crippen LogP contribution in [0.1, 0.15) is 28.4 Å². The van der Waals surface area contributed by atoms with Crippen LogP contribution in [0, 0.1) is 6.92 Å². The van der Waals surface area contributed by atoms with E-state index in [-0.39, 0.29) is 77.1 Å². The molecule has 0 saturated carbocycles. The number of oxime groups is 1. The van der Waals surface area contributed by atoms with Crippen molar-refractivity contribution in [3.63, 3.8) is 0 Å². The molecule has 460 valence electrons. The van der Waals surface area contributed by atoms with Crippen molar-refractivity contribution in [2.24, 2.45) is 5.16 Å². The van der Waals surface area contributed by atoms with Gasteiger partial charge in [-0.1, -0.05) is 190 Å². The summed E-state index contributed by atoms with van der Waals surface area (Å²) in [6.45, 7) is 1.86. The van der Waals surface area contributed by atoms with Gasteiger partial charge in [-0.3, -0.25) is 0 Å². The third-order valence-corrected chi connectivity index (χ3v) is 17.6. The summed E-state index contributed by atoms with van der Waals surface area (Å²) in [7, 11) is -6.56. The summed E-state index contributed by atoms with van der Waals surface area (Å²) in [4.78, 5) is -3.97. The molecule has 0 aliphatic carbocycles. The molecule has 12 nitrogen and oxygen atoms in total. The summed E-state index contributed by atoms with van der Waals surface area (Å²) >= 11 is 7.99. The molecule has 0 unspecified atom stereocenters. The van der Waals surface area contributed by atoms with Crippen molar-refractivity contribution >= 4 is 80.8 Å². The van der Waals surface area contributed by atoms with Gasteiger partial charge >= 0.3 is 61.0 Å². The Morgan fingerprint density at radius 2 is 0.789 bits per heavy atom. The van der Waals surface area contributed by atoms with E-state index < -0.39 is 40.9 Å². The number of thioether (sulfide) groups is 2. The summed E-state index contributed by atoms with van der Waals surface area (Å²) < 4.78 is 117. The maximum atomic E-state index is 13.9. The summed E-state index contributed by atoms with van der Waals surface area (Å²) in [5.41, 5.74) is 9.66. The number of aryl methyl sites for hydroxylation is 1. The normalized spacial score (nSPS) is 11.5. The Bertz CT molecular complexity index is 4340. The van der Waals surface area contributed by atoms with Crippen molar-refractivity contribution in [3.8, 4) is 67.2 Å². The van der Waals surface area contributed by atoms with Crippen molar-refractivity contribution in [2.45, 2.75) is 42.6 Å². The first-order valence-electron chi connectivity index (χ1n) is 26.4. The predicted molar refractivity (Wildman–Crippen MR) is 347 cm³/mol. The molecule has 24 heteroatoms. The Kier molecular flexibility index (Phi) is 26.5. The predicted octanol–water partition coefficient (Wildman–Crippen LogP) is 12.6. The number of halogens is 7. The smallest absolute Gasteiger partial charge is 1.00 e. The number of aromatic nitrogens is 3. The second-order valence-corrected chi connectivity index (χ2v) is 27.1. The molecule has 3 heterocycles. The number of hydrogen-bond acceptors (Lipinski definition) is 14. The Hall–Kier alpha value is -6.29. The number of hydrogen-bond donors (Lipinski definition) is 1. The van der Waals surface area contributed by atoms with Crippen molar-refractivity contribution in [1.82, 2.24) is 15.5 Å². The molecule has 3 aromatic heterocycles. The molecule has 0 amide bonds. The van der Waals surface area contributed by atoms with Crippen LogP contribution < -0.4 is 56.1 Å². The molecule has 11 aromatic rings. The summed E-state index contributed by atoms with van der Waals surface area (Å²) in [5.74, 6) is -0.373. The Balaban J connectivity index is 0.000000191. The van der Waals surface area contributed by atoms with Crippen molar-refractivity contribution in [1.29, 1.82) is 0 Å². The van der Waals surface area contributed by atoms with E-state index in [2.05, 4.69) is 52.5 Å². The third-order valence-electron chi connectivity index (χ3n) is 13.2. The third kappa shape index (κ3) is 19.1. The van der Waals surface area contributed by atoms with Gasteiger partial charge in [0.25, 0.3) is 0 Å². The van der Waals surface area contributed by atoms with Gasteiger partial charge in [0.05, 0.1) is 32.2 Å². The average molecular weight is 1450 g/mol. The molecule has 0 atom stereocenters. The molecule has 0 bridgehead atoms. The fourth-order valence-corrected chi connectivity index (χ4v) is 11.5. The molecule has 0 saturated heterocycles. The fourth-order valence-electron chi connectivity index (χ4n) is 8.86. The number of nitrogens with zero attached hydrogens (tertiary/aromatic N) is 4.